The second-order valence-electron chi connectivity index (χ2n) is 1.34. The molecular weight excluding hydrogens is 138 g/mol. The van der Waals surface area contributed by atoms with Crippen LogP contribution in [0.25, 0.3) is 0 Å². The zero-order valence-corrected chi connectivity index (χ0v) is 5.73. The second kappa shape index (κ2) is 2.65. The standard InChI is InChI=1S/C4H7N3OS/c1-8-4-6-2-3(7-5)9-4/h2,7H,5H2,1H3. The first-order valence-electron chi connectivity index (χ1n) is 2.33. The van der Waals surface area contributed by atoms with Crippen LogP contribution in [0.3, 0.4) is 0 Å². The summed E-state index contributed by atoms with van der Waals surface area (Å²) in [4.78, 5) is 3.86. The van der Waals surface area contributed by atoms with E-state index in [-0.39, 0.29) is 0 Å². The van der Waals surface area contributed by atoms with E-state index in [4.69, 9.17) is 10.6 Å². The Labute approximate surface area is 56.6 Å². The van der Waals surface area contributed by atoms with E-state index in [2.05, 4.69) is 10.4 Å². The van der Waals surface area contributed by atoms with Crippen molar-refractivity contribution in [3.8, 4) is 5.19 Å². The lowest BCUT2D eigenvalue weighted by Crippen LogP contribution is -2.04. The first kappa shape index (κ1) is 6.31. The number of aromatic nitrogens is 1. The highest BCUT2D eigenvalue weighted by Crippen LogP contribution is 2.23. The van der Waals surface area contributed by atoms with E-state index in [1.807, 2.05) is 0 Å². The summed E-state index contributed by atoms with van der Waals surface area (Å²) in [5.74, 6) is 5.08. The third-order valence-electron chi connectivity index (χ3n) is 0.801. The van der Waals surface area contributed by atoms with Crippen LogP contribution in [0.15, 0.2) is 6.20 Å². The van der Waals surface area contributed by atoms with Crippen LogP contribution in [0.5, 0.6) is 5.19 Å². The minimum absolute atomic E-state index is 0.614. The van der Waals surface area contributed by atoms with Crippen LogP contribution in [0.4, 0.5) is 5.00 Å². The molecule has 0 aliphatic carbocycles. The van der Waals surface area contributed by atoms with Gasteiger partial charge in [-0.25, -0.2) is 10.8 Å². The molecule has 0 radical (unpaired) electrons. The molecule has 4 nitrogen and oxygen atoms in total. The van der Waals surface area contributed by atoms with Gasteiger partial charge in [-0.15, -0.1) is 0 Å². The van der Waals surface area contributed by atoms with Crippen molar-refractivity contribution in [1.82, 2.24) is 4.98 Å². The molecule has 0 saturated carbocycles. The van der Waals surface area contributed by atoms with Crippen molar-refractivity contribution in [2.24, 2.45) is 5.84 Å². The molecule has 0 amide bonds. The summed E-state index contributed by atoms with van der Waals surface area (Å²) in [5.41, 5.74) is 2.46. The summed E-state index contributed by atoms with van der Waals surface area (Å²) in [7, 11) is 1.57. The van der Waals surface area contributed by atoms with Crippen LogP contribution in [0, 0.1) is 0 Å². The van der Waals surface area contributed by atoms with E-state index >= 15 is 0 Å². The molecule has 0 spiro atoms. The molecule has 0 atom stereocenters. The largest absolute Gasteiger partial charge is 0.473 e. The molecule has 1 rings (SSSR count). The number of hydrogen-bond acceptors (Lipinski definition) is 5. The summed E-state index contributed by atoms with van der Waals surface area (Å²) >= 11 is 1.36. The van der Waals surface area contributed by atoms with Gasteiger partial charge in [-0.3, -0.25) is 0 Å². The molecule has 3 N–H and O–H groups in total. The summed E-state index contributed by atoms with van der Waals surface area (Å²) < 4.78 is 4.81. The number of hydrogen-bond donors (Lipinski definition) is 2. The Bertz CT molecular complexity index is 169. The molecule has 0 bridgehead atoms. The zero-order chi connectivity index (χ0) is 6.69. The van der Waals surface area contributed by atoms with Gasteiger partial charge in [0.2, 0.25) is 0 Å². The molecule has 1 aromatic rings. The highest BCUT2D eigenvalue weighted by atomic mass is 32.1. The van der Waals surface area contributed by atoms with E-state index in [1.165, 1.54) is 11.3 Å². The van der Waals surface area contributed by atoms with Gasteiger partial charge in [-0.05, 0) is 0 Å². The lowest BCUT2D eigenvalue weighted by Gasteiger charge is -1.88. The Kier molecular flexibility index (Phi) is 1.86. The number of ether oxygens (including phenoxy) is 1. The smallest absolute Gasteiger partial charge is 0.274 e. The third-order valence-corrected chi connectivity index (χ3v) is 1.69. The molecule has 1 aromatic heterocycles. The quantitative estimate of drug-likeness (QED) is 0.468. The highest BCUT2D eigenvalue weighted by Gasteiger charge is 1.96. The third kappa shape index (κ3) is 1.30. The molecule has 0 saturated heterocycles. The van der Waals surface area contributed by atoms with Gasteiger partial charge in [0, 0.05) is 0 Å². The van der Waals surface area contributed by atoms with Crippen molar-refractivity contribution < 1.29 is 4.74 Å². The van der Waals surface area contributed by atoms with Crippen molar-refractivity contribution in [1.29, 1.82) is 0 Å². The van der Waals surface area contributed by atoms with Crippen molar-refractivity contribution in [2.75, 3.05) is 12.5 Å². The maximum absolute atomic E-state index is 5.08. The molecule has 0 aromatic carbocycles. The second-order valence-corrected chi connectivity index (χ2v) is 2.33. The molecule has 5 heteroatoms. The number of nitrogens with zero attached hydrogens (tertiary/aromatic N) is 1. The molecule has 0 aliphatic rings. The zero-order valence-electron chi connectivity index (χ0n) is 4.92. The van der Waals surface area contributed by atoms with Crippen LogP contribution < -0.4 is 16.0 Å². The number of nitrogens with two attached hydrogens (primary N) is 1. The van der Waals surface area contributed by atoms with Gasteiger partial charge < -0.3 is 10.2 Å². The highest BCUT2D eigenvalue weighted by molar-refractivity contribution is 7.17. The predicted molar refractivity (Wildman–Crippen MR) is 36.5 cm³/mol. The number of thiazole rings is 1. The fraction of sp³-hybridized carbons (Fsp3) is 0.250. The van der Waals surface area contributed by atoms with Gasteiger partial charge in [0.05, 0.1) is 13.3 Å². The lowest BCUT2D eigenvalue weighted by molar-refractivity contribution is 0.412. The van der Waals surface area contributed by atoms with E-state index in [9.17, 15) is 0 Å². The molecule has 1 heterocycles. The van der Waals surface area contributed by atoms with Gasteiger partial charge in [-0.2, -0.15) is 0 Å². The van der Waals surface area contributed by atoms with Crippen molar-refractivity contribution in [3.63, 3.8) is 0 Å². The molecular formula is C4H7N3OS. The Morgan fingerprint density at radius 2 is 2.67 bits per heavy atom. The molecule has 9 heavy (non-hydrogen) atoms. The fourth-order valence-corrected chi connectivity index (χ4v) is 0.960. The first-order chi connectivity index (χ1) is 4.36. The molecule has 0 unspecified atom stereocenters. The van der Waals surface area contributed by atoms with Gasteiger partial charge in [-0.1, -0.05) is 11.3 Å². The topological polar surface area (TPSA) is 60.2 Å². The number of nitrogens with one attached hydrogen (secondary N) is 1. The molecule has 50 valence electrons. The van der Waals surface area contributed by atoms with E-state index in [0.717, 1.165) is 5.00 Å². The average Bonchev–Trinajstić information content (AvgIpc) is 2.34. The Hall–Kier alpha value is -0.810. The van der Waals surface area contributed by atoms with Crippen LogP contribution in [0.2, 0.25) is 0 Å². The number of nitrogen functional groups attached to an aromatic ring is 1. The molecule has 0 fully saturated rings. The Morgan fingerprint density at radius 3 is 3.00 bits per heavy atom. The minimum atomic E-state index is 0.614. The molecule has 0 aliphatic heterocycles. The Morgan fingerprint density at radius 1 is 1.89 bits per heavy atom. The van der Waals surface area contributed by atoms with Crippen molar-refractivity contribution in [2.45, 2.75) is 0 Å². The summed E-state index contributed by atoms with van der Waals surface area (Å²) in [6, 6.07) is 0. The van der Waals surface area contributed by atoms with Crippen LogP contribution in [-0.2, 0) is 0 Å². The number of hydrazine groups is 1. The lowest BCUT2D eigenvalue weighted by atomic mass is 10.9. The van der Waals surface area contributed by atoms with Crippen LogP contribution in [-0.4, -0.2) is 12.1 Å². The van der Waals surface area contributed by atoms with Crippen molar-refractivity contribution in [3.05, 3.63) is 6.20 Å². The van der Waals surface area contributed by atoms with Gasteiger partial charge in [0.1, 0.15) is 5.00 Å². The van der Waals surface area contributed by atoms with Crippen molar-refractivity contribution >= 4 is 16.3 Å². The first-order valence-corrected chi connectivity index (χ1v) is 3.15. The van der Waals surface area contributed by atoms with E-state index in [0.29, 0.717) is 5.19 Å². The Balaban J connectivity index is 2.74. The maximum Gasteiger partial charge on any atom is 0.274 e. The summed E-state index contributed by atoms with van der Waals surface area (Å²) in [6.07, 6.45) is 1.61. The maximum atomic E-state index is 5.08. The number of rotatable bonds is 2. The summed E-state index contributed by atoms with van der Waals surface area (Å²) in [6.45, 7) is 0. The van der Waals surface area contributed by atoms with Crippen LogP contribution >= 0.6 is 11.3 Å². The monoisotopic (exact) mass is 145 g/mol. The fourth-order valence-electron chi connectivity index (χ4n) is 0.419. The normalized spacial score (nSPS) is 9.11. The van der Waals surface area contributed by atoms with Gasteiger partial charge in [0.15, 0.2) is 0 Å². The van der Waals surface area contributed by atoms with E-state index in [1.54, 1.807) is 13.3 Å². The minimum Gasteiger partial charge on any atom is -0.473 e. The average molecular weight is 145 g/mol. The SMILES string of the molecule is COc1ncc(NN)s1. The van der Waals surface area contributed by atoms with Crippen LogP contribution in [0.1, 0.15) is 0 Å². The number of anilines is 1. The number of methoxy groups -OCH3 is 1. The van der Waals surface area contributed by atoms with E-state index < -0.39 is 0 Å². The predicted octanol–water partition coefficient (Wildman–Crippen LogP) is 0.437. The summed E-state index contributed by atoms with van der Waals surface area (Å²) in [5, 5.41) is 1.41. The van der Waals surface area contributed by atoms with Gasteiger partial charge >= 0.3 is 0 Å². The van der Waals surface area contributed by atoms with Gasteiger partial charge in [0.25, 0.3) is 5.19 Å².